The van der Waals surface area contributed by atoms with Crippen molar-refractivity contribution in [2.24, 2.45) is 5.73 Å². The summed E-state index contributed by atoms with van der Waals surface area (Å²) in [6.45, 7) is -0.537. The minimum absolute atomic E-state index is 0.408. The van der Waals surface area contributed by atoms with Crippen molar-refractivity contribution in [3.63, 3.8) is 0 Å². The number of para-hydroxylation sites is 1. The van der Waals surface area contributed by atoms with Crippen LogP contribution in [-0.2, 0) is 0 Å². The monoisotopic (exact) mass is 190 g/mol. The van der Waals surface area contributed by atoms with E-state index in [2.05, 4.69) is 5.43 Å². The lowest BCUT2D eigenvalue weighted by molar-refractivity contribution is 0.100. The topological polar surface area (TPSA) is 58.4 Å². The maximum Gasteiger partial charge on any atom is 0.250 e. The van der Waals surface area contributed by atoms with Crippen LogP contribution in [0.15, 0.2) is 36.5 Å². The van der Waals surface area contributed by atoms with E-state index >= 15 is 0 Å². The summed E-state index contributed by atoms with van der Waals surface area (Å²) in [5.41, 5.74) is 9.16. The molecule has 14 heavy (non-hydrogen) atoms. The number of primary amides is 1. The highest BCUT2D eigenvalue weighted by Gasteiger charge is 2.14. The van der Waals surface area contributed by atoms with E-state index in [0.29, 0.717) is 11.3 Å². The van der Waals surface area contributed by atoms with E-state index in [1.165, 1.54) is 0 Å². The Kier molecular flexibility index (Phi) is 1.81. The average molecular weight is 190 g/mol. The van der Waals surface area contributed by atoms with Crippen LogP contribution in [0.4, 0.5) is 5.69 Å². The molecule has 72 valence electrons. The van der Waals surface area contributed by atoms with Gasteiger partial charge in [-0.1, -0.05) is 12.1 Å². The Hall–Kier alpha value is -1.97. The Bertz CT molecular complexity index is 419. The molecule has 1 aromatic carbocycles. The number of nitrogens with one attached hydrogen (secondary N) is 1. The van der Waals surface area contributed by atoms with Gasteiger partial charge in [-0.2, -0.15) is 0 Å². The van der Waals surface area contributed by atoms with E-state index in [9.17, 15) is 4.79 Å². The predicted octanol–water partition coefficient (Wildman–Crippen LogP) is 0.624. The van der Waals surface area contributed by atoms with Crippen LogP contribution in [0.1, 0.15) is 11.7 Å². The molecule has 1 heterocycles. The van der Waals surface area contributed by atoms with Crippen molar-refractivity contribution in [1.29, 1.82) is 0 Å². The van der Waals surface area contributed by atoms with Gasteiger partial charge in [0.2, 0.25) is 0 Å². The largest absolute Gasteiger partial charge is 0.366 e. The fraction of sp³-hybridized carbons (Fsp3) is 0.100. The third kappa shape index (κ3) is 1.42. The maximum absolute atomic E-state index is 11.2. The summed E-state index contributed by atoms with van der Waals surface area (Å²) >= 11 is 0. The lowest BCUT2D eigenvalue weighted by Crippen LogP contribution is -2.31. The van der Waals surface area contributed by atoms with Crippen molar-refractivity contribution in [1.82, 2.24) is 5.43 Å². The Balaban J connectivity index is 2.39. The van der Waals surface area contributed by atoms with Crippen LogP contribution in [0.3, 0.4) is 0 Å². The quantitative estimate of drug-likeness (QED) is 0.719. The molecule has 1 aliphatic rings. The number of hydrazine groups is 1. The van der Waals surface area contributed by atoms with Crippen LogP contribution in [0.2, 0.25) is 0 Å². The van der Waals surface area contributed by atoms with Crippen LogP contribution < -0.4 is 16.2 Å². The van der Waals surface area contributed by atoms with Crippen molar-refractivity contribution in [2.75, 3.05) is 11.5 Å². The summed E-state index contributed by atoms with van der Waals surface area (Å²) in [6.07, 6.45) is 3.34. The first-order valence-electron chi connectivity index (χ1n) is 4.81. The molecule has 0 spiro atoms. The summed E-state index contributed by atoms with van der Waals surface area (Å²) in [5, 5.41) is 1.57. The van der Waals surface area contributed by atoms with Crippen LogP contribution in [0, 0.1) is 0 Å². The molecule has 4 heteroatoms. The van der Waals surface area contributed by atoms with Crippen molar-refractivity contribution >= 4 is 11.6 Å². The Labute approximate surface area is 83.4 Å². The Morgan fingerprint density at radius 3 is 3.00 bits per heavy atom. The molecule has 0 saturated heterocycles. The van der Waals surface area contributed by atoms with Gasteiger partial charge in [0.1, 0.15) is 0 Å². The van der Waals surface area contributed by atoms with Crippen molar-refractivity contribution < 1.29 is 6.17 Å². The number of hydrogen-bond donors (Lipinski definition) is 2. The lowest BCUT2D eigenvalue weighted by Gasteiger charge is -2.20. The number of rotatable bonds is 2. The molecule has 2 rings (SSSR count). The number of anilines is 1. The van der Waals surface area contributed by atoms with E-state index in [-0.39, 0.29) is 0 Å². The van der Waals surface area contributed by atoms with Gasteiger partial charge in [-0.3, -0.25) is 9.80 Å². The first-order chi connectivity index (χ1) is 7.20. The number of amides is 1. The third-order valence-electron chi connectivity index (χ3n) is 1.97. The zero-order chi connectivity index (χ0) is 10.8. The van der Waals surface area contributed by atoms with E-state index in [1.807, 2.05) is 0 Å². The van der Waals surface area contributed by atoms with Gasteiger partial charge >= 0.3 is 0 Å². The van der Waals surface area contributed by atoms with E-state index in [4.69, 9.17) is 7.10 Å². The van der Waals surface area contributed by atoms with Gasteiger partial charge in [-0.05, 0) is 18.2 Å². The summed E-state index contributed by atoms with van der Waals surface area (Å²) in [5.74, 6) is -0.494. The second kappa shape index (κ2) is 3.41. The highest BCUT2D eigenvalue weighted by atomic mass is 16.1. The molecular weight excluding hydrogens is 178 g/mol. The summed E-state index contributed by atoms with van der Waals surface area (Å²) < 4.78 is 7.69. The van der Waals surface area contributed by atoms with E-state index in [0.717, 1.165) is 0 Å². The standard InChI is InChI=1S/C10H11N3O/c11-10(14)8-4-1-2-5-9(8)13-7-3-6-12-13/h1-6,12H,7H2,(H2,11,14)/i7D. The fourth-order valence-electron chi connectivity index (χ4n) is 1.34. The molecule has 1 aromatic rings. The van der Waals surface area contributed by atoms with Crippen molar-refractivity contribution in [3.8, 4) is 0 Å². The van der Waals surface area contributed by atoms with Gasteiger partial charge in [0.25, 0.3) is 5.91 Å². The number of nitrogens with zero attached hydrogens (tertiary/aromatic N) is 1. The van der Waals surface area contributed by atoms with Crippen molar-refractivity contribution in [3.05, 3.63) is 42.1 Å². The van der Waals surface area contributed by atoms with Crippen LogP contribution >= 0.6 is 0 Å². The number of nitrogens with two attached hydrogens (primary N) is 1. The smallest absolute Gasteiger partial charge is 0.250 e. The maximum atomic E-state index is 11.2. The van der Waals surface area contributed by atoms with Gasteiger partial charge < -0.3 is 11.2 Å². The second-order valence-corrected chi connectivity index (χ2v) is 2.89. The van der Waals surface area contributed by atoms with E-state index < -0.39 is 12.4 Å². The molecule has 0 fully saturated rings. The Morgan fingerprint density at radius 1 is 1.57 bits per heavy atom. The summed E-state index contributed by atoms with van der Waals surface area (Å²) in [7, 11) is 0. The molecular formula is C10H11N3O. The summed E-state index contributed by atoms with van der Waals surface area (Å²) in [6, 6.07) is 6.94. The number of benzene rings is 1. The van der Waals surface area contributed by atoms with Crippen LogP contribution in [0.25, 0.3) is 0 Å². The SMILES string of the molecule is [2H]C1C=CNN1c1ccccc1C(N)=O. The molecule has 0 aliphatic carbocycles. The second-order valence-electron chi connectivity index (χ2n) is 2.89. The summed E-state index contributed by atoms with van der Waals surface area (Å²) in [4.78, 5) is 11.2. The molecule has 3 N–H and O–H groups in total. The minimum atomic E-state index is -0.537. The molecule has 1 aliphatic heterocycles. The fourth-order valence-corrected chi connectivity index (χ4v) is 1.34. The van der Waals surface area contributed by atoms with Crippen molar-refractivity contribution in [2.45, 2.75) is 0 Å². The minimum Gasteiger partial charge on any atom is -0.366 e. The molecule has 4 nitrogen and oxygen atoms in total. The first-order valence-corrected chi connectivity index (χ1v) is 4.23. The molecule has 1 amide bonds. The predicted molar refractivity (Wildman–Crippen MR) is 54.6 cm³/mol. The van der Waals surface area contributed by atoms with Gasteiger partial charge in [0.05, 0.1) is 19.1 Å². The lowest BCUT2D eigenvalue weighted by atomic mass is 10.1. The van der Waals surface area contributed by atoms with Gasteiger partial charge in [0, 0.05) is 6.20 Å². The molecule has 0 bridgehead atoms. The van der Waals surface area contributed by atoms with Gasteiger partial charge in [-0.25, -0.2) is 0 Å². The normalized spacial score (nSPS) is 20.4. The van der Waals surface area contributed by atoms with Gasteiger partial charge in [-0.15, -0.1) is 0 Å². The average Bonchev–Trinajstić information content (AvgIpc) is 2.64. The van der Waals surface area contributed by atoms with Gasteiger partial charge in [0.15, 0.2) is 0 Å². The Morgan fingerprint density at radius 2 is 2.36 bits per heavy atom. The number of carbonyl (C=O) groups excluding carboxylic acids is 1. The van der Waals surface area contributed by atoms with E-state index in [1.54, 1.807) is 41.6 Å². The van der Waals surface area contributed by atoms with Crippen LogP contribution in [0.5, 0.6) is 0 Å². The molecule has 0 radical (unpaired) electrons. The number of carbonyl (C=O) groups is 1. The zero-order valence-corrected chi connectivity index (χ0v) is 7.47. The first kappa shape index (κ1) is 7.44. The third-order valence-corrected chi connectivity index (χ3v) is 1.97. The molecule has 1 unspecified atom stereocenters. The molecule has 0 saturated carbocycles. The molecule has 0 aromatic heterocycles. The number of hydrogen-bond acceptors (Lipinski definition) is 3. The zero-order valence-electron chi connectivity index (χ0n) is 8.47. The molecule has 1 atom stereocenters. The highest BCUT2D eigenvalue weighted by molar-refractivity contribution is 5.98. The highest BCUT2D eigenvalue weighted by Crippen LogP contribution is 2.19. The van der Waals surface area contributed by atoms with Crippen LogP contribution in [-0.4, -0.2) is 12.4 Å².